The third-order valence-corrected chi connectivity index (χ3v) is 15.6. The topological polar surface area (TPSA) is 228 Å². The Morgan fingerprint density at radius 1 is 0.474 bits per heavy atom. The first-order valence-electron chi connectivity index (χ1n) is 31.9. The Hall–Kier alpha value is -2.05. The third kappa shape index (κ3) is 34.4. The van der Waals surface area contributed by atoms with Gasteiger partial charge in [-0.1, -0.05) is 249 Å². The Morgan fingerprint density at radius 2 is 0.885 bits per heavy atom. The molecule has 2 saturated heterocycles. The van der Waals surface area contributed by atoms with Gasteiger partial charge in [0.2, 0.25) is 5.91 Å². The lowest BCUT2D eigenvalue weighted by molar-refractivity contribution is -0.359. The zero-order valence-electron chi connectivity index (χ0n) is 49.2. The van der Waals surface area contributed by atoms with Gasteiger partial charge in [0.15, 0.2) is 12.6 Å². The highest BCUT2D eigenvalue weighted by Crippen LogP contribution is 2.30. The van der Waals surface area contributed by atoms with Gasteiger partial charge in [-0.05, 0) is 51.4 Å². The van der Waals surface area contributed by atoms with Gasteiger partial charge in [-0.25, -0.2) is 0 Å². The minimum Gasteiger partial charge on any atom is -0.394 e. The van der Waals surface area contributed by atoms with Crippen LogP contribution >= 0.6 is 0 Å². The SMILES string of the molecule is CC/C=C\C/C=C\C/C=C\C/C=C\CCCCCCCCCCCCCCCCCCC(=O)NC(COC1OC(CO)C(OC2OC(CO)C(O)C(O)C2O)C(O)C1O)C(O)CCCCCCCCCCCCCCCCC. The standard InChI is InChI=1S/C64H117NO13/c1-3-5-7-9-11-13-15-17-19-20-21-22-23-24-25-26-27-28-29-30-31-32-34-36-38-40-42-44-46-48-56(69)65-52(53(68)47-45-43-41-39-37-35-33-18-16-14-12-10-8-6-4-2)51-75-63-61(74)59(72)62(55(50-67)77-63)78-64-60(73)58(71)57(70)54(49-66)76-64/h5,7,11,13,17,19,21-22,52-55,57-64,66-68,70-74H,3-4,6,8-10,12,14-16,18,20,23-51H2,1-2H3,(H,65,69)/b7-5-,13-11-,19-17-,22-21-. The van der Waals surface area contributed by atoms with Crippen molar-refractivity contribution in [3.8, 4) is 0 Å². The number of aliphatic hydroxyl groups excluding tert-OH is 8. The molecule has 2 fully saturated rings. The number of ether oxygens (including phenoxy) is 4. The number of carbonyl (C=O) groups is 1. The molecule has 2 heterocycles. The lowest BCUT2D eigenvalue weighted by Crippen LogP contribution is -2.65. The molecule has 0 bridgehead atoms. The van der Waals surface area contributed by atoms with Gasteiger partial charge in [0.1, 0.15) is 48.8 Å². The lowest BCUT2D eigenvalue weighted by Gasteiger charge is -2.46. The van der Waals surface area contributed by atoms with Crippen molar-refractivity contribution in [2.75, 3.05) is 19.8 Å². The summed E-state index contributed by atoms with van der Waals surface area (Å²) in [5, 5.41) is 87.3. The molecule has 12 unspecified atom stereocenters. The Morgan fingerprint density at radius 3 is 1.36 bits per heavy atom. The molecule has 456 valence electrons. The maximum atomic E-state index is 13.3. The normalized spacial score (nSPS) is 24.8. The largest absolute Gasteiger partial charge is 0.394 e. The molecule has 2 aliphatic rings. The van der Waals surface area contributed by atoms with Crippen LogP contribution in [0.15, 0.2) is 48.6 Å². The fourth-order valence-corrected chi connectivity index (χ4v) is 10.5. The van der Waals surface area contributed by atoms with Crippen LogP contribution in [0, 0.1) is 0 Å². The van der Waals surface area contributed by atoms with Gasteiger partial charge in [-0.15, -0.1) is 0 Å². The van der Waals surface area contributed by atoms with E-state index in [0.29, 0.717) is 12.8 Å². The van der Waals surface area contributed by atoms with E-state index in [1.807, 2.05) is 0 Å². The van der Waals surface area contributed by atoms with Crippen molar-refractivity contribution < 1.29 is 64.6 Å². The third-order valence-electron chi connectivity index (χ3n) is 15.6. The first-order chi connectivity index (χ1) is 38.1. The summed E-state index contributed by atoms with van der Waals surface area (Å²) in [4.78, 5) is 13.3. The number of hydrogen-bond acceptors (Lipinski definition) is 13. The predicted molar refractivity (Wildman–Crippen MR) is 314 cm³/mol. The summed E-state index contributed by atoms with van der Waals surface area (Å²) in [6, 6.07) is -0.829. The van der Waals surface area contributed by atoms with E-state index in [4.69, 9.17) is 18.9 Å². The fraction of sp³-hybridized carbons (Fsp3) is 0.859. The smallest absolute Gasteiger partial charge is 0.220 e. The quantitative estimate of drug-likeness (QED) is 0.0204. The summed E-state index contributed by atoms with van der Waals surface area (Å²) in [7, 11) is 0. The molecule has 0 spiro atoms. The summed E-state index contributed by atoms with van der Waals surface area (Å²) >= 11 is 0. The Bertz CT molecular complexity index is 1490. The van der Waals surface area contributed by atoms with Gasteiger partial charge < -0.3 is 65.1 Å². The summed E-state index contributed by atoms with van der Waals surface area (Å²) in [5.41, 5.74) is 0. The molecule has 12 atom stereocenters. The van der Waals surface area contributed by atoms with Crippen LogP contribution in [-0.2, 0) is 23.7 Å². The molecule has 0 aromatic carbocycles. The number of unbranched alkanes of at least 4 members (excludes halogenated alkanes) is 30. The summed E-state index contributed by atoms with van der Waals surface area (Å²) < 4.78 is 22.9. The Labute approximate surface area is 473 Å². The minimum absolute atomic E-state index is 0.205. The highest BCUT2D eigenvalue weighted by atomic mass is 16.7. The molecule has 0 aromatic rings. The van der Waals surface area contributed by atoms with Gasteiger partial charge in [0, 0.05) is 6.42 Å². The van der Waals surface area contributed by atoms with Crippen LogP contribution in [0.1, 0.15) is 258 Å². The van der Waals surface area contributed by atoms with Gasteiger partial charge in [-0.2, -0.15) is 0 Å². The van der Waals surface area contributed by atoms with Crippen LogP contribution in [0.3, 0.4) is 0 Å². The van der Waals surface area contributed by atoms with Crippen LogP contribution in [0.5, 0.6) is 0 Å². The van der Waals surface area contributed by atoms with Crippen LogP contribution in [0.2, 0.25) is 0 Å². The molecular formula is C64H117NO13. The van der Waals surface area contributed by atoms with Crippen LogP contribution in [0.25, 0.3) is 0 Å². The van der Waals surface area contributed by atoms with E-state index in [1.54, 1.807) is 0 Å². The van der Waals surface area contributed by atoms with E-state index in [-0.39, 0.29) is 12.5 Å². The zero-order chi connectivity index (χ0) is 56.7. The molecule has 14 nitrogen and oxygen atoms in total. The Kier molecular flexibility index (Phi) is 45.8. The Balaban J connectivity index is 1.67. The second kappa shape index (κ2) is 49.5. The van der Waals surface area contributed by atoms with Crippen LogP contribution < -0.4 is 5.32 Å². The van der Waals surface area contributed by atoms with E-state index in [1.165, 1.54) is 154 Å². The molecule has 0 aromatic heterocycles. The first kappa shape index (κ1) is 72.1. The van der Waals surface area contributed by atoms with Crippen molar-refractivity contribution in [3.05, 3.63) is 48.6 Å². The number of amides is 1. The van der Waals surface area contributed by atoms with E-state index >= 15 is 0 Å². The van der Waals surface area contributed by atoms with E-state index < -0.39 is 86.8 Å². The summed E-state index contributed by atoms with van der Waals surface area (Å²) in [6.07, 6.45) is 45.4. The highest BCUT2D eigenvalue weighted by molar-refractivity contribution is 5.76. The molecular weight excluding hydrogens is 991 g/mol. The van der Waals surface area contributed by atoms with Crippen molar-refractivity contribution in [2.24, 2.45) is 0 Å². The van der Waals surface area contributed by atoms with Crippen molar-refractivity contribution in [3.63, 3.8) is 0 Å². The van der Waals surface area contributed by atoms with Crippen LogP contribution in [0.4, 0.5) is 0 Å². The van der Waals surface area contributed by atoms with Gasteiger partial charge in [0.25, 0.3) is 0 Å². The highest BCUT2D eigenvalue weighted by Gasteiger charge is 2.51. The monoisotopic (exact) mass is 1110 g/mol. The van der Waals surface area contributed by atoms with Crippen molar-refractivity contribution in [1.82, 2.24) is 5.32 Å². The number of carbonyl (C=O) groups excluding carboxylic acids is 1. The summed E-state index contributed by atoms with van der Waals surface area (Å²) in [5.74, 6) is -0.205. The average Bonchev–Trinajstić information content (AvgIpc) is 3.47. The molecule has 0 aliphatic carbocycles. The molecule has 14 heteroatoms. The fourth-order valence-electron chi connectivity index (χ4n) is 10.5. The molecule has 9 N–H and O–H groups in total. The number of allylic oxidation sites excluding steroid dienone is 8. The molecule has 78 heavy (non-hydrogen) atoms. The van der Waals surface area contributed by atoms with Crippen molar-refractivity contribution in [2.45, 2.75) is 331 Å². The van der Waals surface area contributed by atoms with E-state index in [2.05, 4.69) is 67.8 Å². The molecule has 0 radical (unpaired) electrons. The number of rotatable bonds is 51. The van der Waals surface area contributed by atoms with Crippen LogP contribution in [-0.4, -0.2) is 140 Å². The molecule has 1 amide bonds. The zero-order valence-corrected chi connectivity index (χ0v) is 49.2. The number of hydrogen-bond donors (Lipinski definition) is 9. The van der Waals surface area contributed by atoms with E-state index in [0.717, 1.165) is 77.0 Å². The van der Waals surface area contributed by atoms with Crippen molar-refractivity contribution >= 4 is 5.91 Å². The second-order valence-corrected chi connectivity index (χ2v) is 22.5. The predicted octanol–water partition coefficient (Wildman–Crippen LogP) is 11.6. The average molecular weight is 1110 g/mol. The number of aliphatic hydroxyl groups is 8. The second-order valence-electron chi connectivity index (χ2n) is 22.5. The van der Waals surface area contributed by atoms with Crippen molar-refractivity contribution in [1.29, 1.82) is 0 Å². The number of nitrogens with one attached hydrogen (secondary N) is 1. The van der Waals surface area contributed by atoms with E-state index in [9.17, 15) is 45.6 Å². The van der Waals surface area contributed by atoms with Gasteiger partial charge in [-0.3, -0.25) is 4.79 Å². The summed E-state index contributed by atoms with van der Waals surface area (Å²) in [6.45, 7) is 2.77. The molecule has 0 saturated carbocycles. The molecule has 2 aliphatic heterocycles. The maximum absolute atomic E-state index is 13.3. The first-order valence-corrected chi connectivity index (χ1v) is 31.9. The van der Waals surface area contributed by atoms with Gasteiger partial charge in [0.05, 0.1) is 32.0 Å². The lowest BCUT2D eigenvalue weighted by atomic mass is 9.97. The minimum atomic E-state index is -1.78. The van der Waals surface area contributed by atoms with Gasteiger partial charge >= 0.3 is 0 Å². The maximum Gasteiger partial charge on any atom is 0.220 e. The molecule has 2 rings (SSSR count).